The molecule has 1 N–H and O–H groups in total. The van der Waals surface area contributed by atoms with Crippen molar-refractivity contribution >= 4 is 23.2 Å². The van der Waals surface area contributed by atoms with E-state index in [4.69, 9.17) is 4.89 Å². The van der Waals surface area contributed by atoms with Gasteiger partial charge in [0.15, 0.2) is 0 Å². The molecule has 0 aromatic heterocycles. The van der Waals surface area contributed by atoms with Gasteiger partial charge in [0.1, 0.15) is 0 Å². The quantitative estimate of drug-likeness (QED) is 0.872. The maximum atomic E-state index is 12.2. The molecule has 0 saturated heterocycles. The molecular formula is C12H10O4PS+. The van der Waals surface area contributed by atoms with Crippen molar-refractivity contribution in [1.29, 1.82) is 0 Å². The zero-order chi connectivity index (χ0) is 13.2. The summed E-state index contributed by atoms with van der Waals surface area (Å²) < 4.78 is 35.4. The Balaban J connectivity index is 2.55. The van der Waals surface area contributed by atoms with Crippen molar-refractivity contribution in [1.82, 2.24) is 0 Å². The second-order valence-corrected chi connectivity index (χ2v) is 6.60. The molecule has 0 fully saturated rings. The predicted molar refractivity (Wildman–Crippen MR) is 67.8 cm³/mol. The molecule has 6 heteroatoms. The second kappa shape index (κ2) is 4.98. The molecule has 0 aliphatic rings. The Kier molecular flexibility index (Phi) is 3.57. The van der Waals surface area contributed by atoms with Gasteiger partial charge in [-0.05, 0) is 28.8 Å². The number of hydrogen-bond acceptors (Lipinski definition) is 3. The fourth-order valence-corrected chi connectivity index (χ4v) is 3.38. The van der Waals surface area contributed by atoms with E-state index in [1.165, 1.54) is 36.4 Å². The van der Waals surface area contributed by atoms with E-state index in [1.807, 2.05) is 0 Å². The van der Waals surface area contributed by atoms with Crippen molar-refractivity contribution in [3.8, 4) is 0 Å². The Morgan fingerprint density at radius 2 is 1.50 bits per heavy atom. The van der Waals surface area contributed by atoms with E-state index in [2.05, 4.69) is 0 Å². The fraction of sp³-hybridized carbons (Fsp3) is 0. The van der Waals surface area contributed by atoms with E-state index in [1.54, 1.807) is 18.2 Å². The van der Waals surface area contributed by atoms with Gasteiger partial charge in [0.05, 0.1) is 9.79 Å². The maximum absolute atomic E-state index is 12.2. The number of sulfone groups is 1. The second-order valence-electron chi connectivity index (χ2n) is 3.59. The lowest BCUT2D eigenvalue weighted by Crippen LogP contribution is -2.05. The average molecular weight is 281 g/mol. The van der Waals surface area contributed by atoms with Gasteiger partial charge in [-0.1, -0.05) is 24.3 Å². The first-order chi connectivity index (χ1) is 8.51. The number of benzene rings is 2. The van der Waals surface area contributed by atoms with Crippen LogP contribution in [0.1, 0.15) is 0 Å². The van der Waals surface area contributed by atoms with Crippen molar-refractivity contribution in [2.24, 2.45) is 0 Å². The summed E-state index contributed by atoms with van der Waals surface area (Å²) >= 11 is 0. The average Bonchev–Trinajstić information content (AvgIpc) is 2.40. The third kappa shape index (κ3) is 2.48. The normalized spacial score (nSPS) is 12.2. The van der Waals surface area contributed by atoms with Gasteiger partial charge in [-0.15, -0.1) is 0 Å². The predicted octanol–water partition coefficient (Wildman–Crippen LogP) is 1.88. The van der Waals surface area contributed by atoms with Gasteiger partial charge in [0, 0.05) is 6.07 Å². The topological polar surface area (TPSA) is 71.4 Å². The van der Waals surface area contributed by atoms with Crippen LogP contribution in [0.15, 0.2) is 64.4 Å². The highest BCUT2D eigenvalue weighted by molar-refractivity contribution is 7.91. The molecule has 0 radical (unpaired) electrons. The highest BCUT2D eigenvalue weighted by atomic mass is 32.2. The van der Waals surface area contributed by atoms with Crippen LogP contribution in [0.2, 0.25) is 0 Å². The van der Waals surface area contributed by atoms with Crippen LogP contribution in [-0.4, -0.2) is 13.3 Å². The van der Waals surface area contributed by atoms with Crippen LogP contribution in [0.25, 0.3) is 0 Å². The van der Waals surface area contributed by atoms with E-state index in [-0.39, 0.29) is 15.1 Å². The highest BCUT2D eigenvalue weighted by Crippen LogP contribution is 2.22. The summed E-state index contributed by atoms with van der Waals surface area (Å²) in [4.78, 5) is 9.18. The van der Waals surface area contributed by atoms with Crippen molar-refractivity contribution in [2.45, 2.75) is 9.79 Å². The molecule has 1 atom stereocenters. The van der Waals surface area contributed by atoms with Gasteiger partial charge >= 0.3 is 8.03 Å². The SMILES string of the molecule is O=[P+](O)c1cccc(S(=O)(=O)c2ccccc2)c1. The summed E-state index contributed by atoms with van der Waals surface area (Å²) in [6.07, 6.45) is 0. The summed E-state index contributed by atoms with van der Waals surface area (Å²) in [5, 5.41) is 0.0991. The molecule has 2 rings (SSSR count). The highest BCUT2D eigenvalue weighted by Gasteiger charge is 2.22. The van der Waals surface area contributed by atoms with Gasteiger partial charge in [0.2, 0.25) is 15.1 Å². The molecule has 18 heavy (non-hydrogen) atoms. The first kappa shape index (κ1) is 12.9. The zero-order valence-electron chi connectivity index (χ0n) is 9.22. The van der Waals surface area contributed by atoms with Crippen LogP contribution in [0.5, 0.6) is 0 Å². The van der Waals surface area contributed by atoms with E-state index in [9.17, 15) is 13.0 Å². The Bertz CT molecular complexity index is 680. The number of rotatable bonds is 3. The minimum atomic E-state index is -3.63. The van der Waals surface area contributed by atoms with Gasteiger partial charge in [-0.25, -0.2) is 8.42 Å². The summed E-state index contributed by atoms with van der Waals surface area (Å²) in [6.45, 7) is 0. The smallest absolute Gasteiger partial charge is 0.219 e. The molecule has 2 aromatic carbocycles. The maximum Gasteiger partial charge on any atom is 0.546 e. The number of hydrogen-bond donors (Lipinski definition) is 1. The van der Waals surface area contributed by atoms with Gasteiger partial charge in [-0.3, -0.25) is 0 Å². The molecule has 0 amide bonds. The van der Waals surface area contributed by atoms with Crippen molar-refractivity contribution in [3.05, 3.63) is 54.6 Å². The van der Waals surface area contributed by atoms with Gasteiger partial charge in [-0.2, -0.15) is 4.89 Å². The molecule has 1 unspecified atom stereocenters. The third-order valence-electron chi connectivity index (χ3n) is 2.40. The van der Waals surface area contributed by atoms with Crippen molar-refractivity contribution < 1.29 is 17.9 Å². The summed E-state index contributed by atoms with van der Waals surface area (Å²) in [7, 11) is -6.18. The van der Waals surface area contributed by atoms with Crippen LogP contribution in [0, 0.1) is 0 Å². The van der Waals surface area contributed by atoms with Gasteiger partial charge < -0.3 is 0 Å². The first-order valence-electron chi connectivity index (χ1n) is 5.08. The van der Waals surface area contributed by atoms with Crippen molar-refractivity contribution in [3.63, 3.8) is 0 Å². The van der Waals surface area contributed by atoms with Crippen molar-refractivity contribution in [2.75, 3.05) is 0 Å². The van der Waals surface area contributed by atoms with Crippen LogP contribution >= 0.6 is 8.03 Å². The monoisotopic (exact) mass is 281 g/mol. The van der Waals surface area contributed by atoms with Crippen LogP contribution in [0.4, 0.5) is 0 Å². The Labute approximate surface area is 106 Å². The molecule has 0 aliphatic carbocycles. The first-order valence-corrected chi connectivity index (χ1v) is 7.78. The van der Waals surface area contributed by atoms with Gasteiger partial charge in [0.25, 0.3) is 0 Å². The molecule has 0 spiro atoms. The van der Waals surface area contributed by atoms with E-state index < -0.39 is 17.9 Å². The lowest BCUT2D eigenvalue weighted by atomic mass is 10.4. The third-order valence-corrected chi connectivity index (χ3v) is 4.89. The minimum Gasteiger partial charge on any atom is -0.219 e. The molecule has 4 nitrogen and oxygen atoms in total. The fourth-order valence-electron chi connectivity index (χ4n) is 1.51. The van der Waals surface area contributed by atoms with Crippen LogP contribution in [0.3, 0.4) is 0 Å². The lowest BCUT2D eigenvalue weighted by molar-refractivity contribution is 0.513. The molecule has 0 heterocycles. The van der Waals surface area contributed by atoms with E-state index >= 15 is 0 Å². The largest absolute Gasteiger partial charge is 0.546 e. The van der Waals surface area contributed by atoms with E-state index in [0.29, 0.717) is 0 Å². The molecule has 92 valence electrons. The molecule has 2 aromatic rings. The van der Waals surface area contributed by atoms with Crippen LogP contribution in [-0.2, 0) is 14.4 Å². The Morgan fingerprint density at radius 1 is 0.889 bits per heavy atom. The van der Waals surface area contributed by atoms with Crippen LogP contribution < -0.4 is 5.30 Å². The standard InChI is InChI=1S/C12H9O4PS/c13-17(14)10-5-4-8-12(9-10)18(15,16)11-6-2-1-3-7-11/h1-9H/p+1. The zero-order valence-corrected chi connectivity index (χ0v) is 10.9. The molecule has 0 aliphatic heterocycles. The molecular weight excluding hydrogens is 271 g/mol. The molecule has 0 bridgehead atoms. The Hall–Kier alpha value is -1.55. The minimum absolute atomic E-state index is 0.0172. The van der Waals surface area contributed by atoms with E-state index in [0.717, 1.165) is 0 Å². The summed E-state index contributed by atoms with van der Waals surface area (Å²) in [5.41, 5.74) is 0. The Morgan fingerprint density at radius 3 is 2.11 bits per heavy atom. The lowest BCUT2D eigenvalue weighted by Gasteiger charge is -2.03. The molecule has 0 saturated carbocycles. The summed E-state index contributed by atoms with van der Waals surface area (Å²) in [6, 6.07) is 13.5. The summed E-state index contributed by atoms with van der Waals surface area (Å²) in [5.74, 6) is 0.